The smallest absolute Gasteiger partial charge is 0.326 e. The number of carboxylic acids is 1. The van der Waals surface area contributed by atoms with Crippen LogP contribution in [0.3, 0.4) is 0 Å². The molecule has 1 saturated carbocycles. The molecule has 1 heterocycles. The Bertz CT molecular complexity index is 520. The number of likely N-dealkylation sites (tertiary alicyclic amines) is 1. The van der Waals surface area contributed by atoms with Crippen molar-refractivity contribution in [1.82, 2.24) is 10.2 Å². The Morgan fingerprint density at radius 1 is 1.35 bits per heavy atom. The van der Waals surface area contributed by atoms with E-state index in [4.69, 9.17) is 0 Å². The fraction of sp³-hybridized carbons (Fsp3) is 0.733. The quantitative estimate of drug-likeness (QED) is 0.627. The van der Waals surface area contributed by atoms with Gasteiger partial charge in [-0.25, -0.2) is 4.79 Å². The molecule has 4 atom stereocenters. The molecule has 2 amide bonds. The van der Waals surface area contributed by atoms with Crippen LogP contribution >= 0.6 is 0 Å². The van der Waals surface area contributed by atoms with Crippen LogP contribution in [0.2, 0.25) is 0 Å². The molecule has 2 aliphatic rings. The first kappa shape index (κ1) is 17.4. The average molecular weight is 326 g/mol. The number of amides is 2. The zero-order valence-corrected chi connectivity index (χ0v) is 13.0. The monoisotopic (exact) mass is 326 g/mol. The van der Waals surface area contributed by atoms with E-state index in [0.29, 0.717) is 19.3 Å². The minimum atomic E-state index is -1.19. The van der Waals surface area contributed by atoms with Crippen LogP contribution in [0.5, 0.6) is 0 Å². The van der Waals surface area contributed by atoms with Gasteiger partial charge in [0, 0.05) is 32.7 Å². The number of carbonyl (C=O) groups excluding carboxylic acids is 3. The highest BCUT2D eigenvalue weighted by atomic mass is 16.4. The summed E-state index contributed by atoms with van der Waals surface area (Å²) in [5.74, 6) is -2.56. The van der Waals surface area contributed by atoms with Gasteiger partial charge in [-0.3, -0.25) is 14.4 Å². The molecule has 1 aliphatic heterocycles. The summed E-state index contributed by atoms with van der Waals surface area (Å²) in [6.07, 6.45) is 1.05. The van der Waals surface area contributed by atoms with Gasteiger partial charge in [-0.15, -0.1) is 0 Å². The largest absolute Gasteiger partial charge is 0.480 e. The molecule has 0 radical (unpaired) electrons. The van der Waals surface area contributed by atoms with Crippen LogP contribution in [0, 0.1) is 5.92 Å². The maximum Gasteiger partial charge on any atom is 0.326 e. The second-order valence-corrected chi connectivity index (χ2v) is 6.30. The van der Waals surface area contributed by atoms with Crippen LogP contribution in [0.1, 0.15) is 39.0 Å². The van der Waals surface area contributed by atoms with E-state index in [1.165, 1.54) is 11.8 Å². The molecule has 0 bridgehead atoms. The Hall–Kier alpha value is -1.96. The molecule has 0 aromatic carbocycles. The lowest BCUT2D eigenvalue weighted by molar-refractivity contribution is -0.145. The molecule has 1 aliphatic carbocycles. The highest BCUT2D eigenvalue weighted by Crippen LogP contribution is 2.25. The summed E-state index contributed by atoms with van der Waals surface area (Å²) in [5.41, 5.74) is 0. The van der Waals surface area contributed by atoms with Gasteiger partial charge in [-0.05, 0) is 18.8 Å². The Morgan fingerprint density at radius 2 is 2.04 bits per heavy atom. The Balaban J connectivity index is 2.07. The van der Waals surface area contributed by atoms with Crippen LogP contribution in [-0.2, 0) is 19.2 Å². The molecule has 3 N–H and O–H groups in total. The molecule has 0 spiro atoms. The summed E-state index contributed by atoms with van der Waals surface area (Å²) < 4.78 is 0. The van der Waals surface area contributed by atoms with Crippen molar-refractivity contribution in [2.45, 2.75) is 57.2 Å². The number of carboxylic acid groups (broad SMARTS) is 1. The van der Waals surface area contributed by atoms with Crippen molar-refractivity contribution >= 4 is 23.6 Å². The first-order valence-electron chi connectivity index (χ1n) is 7.79. The van der Waals surface area contributed by atoms with E-state index in [9.17, 15) is 29.4 Å². The van der Waals surface area contributed by atoms with Crippen molar-refractivity contribution in [1.29, 1.82) is 0 Å². The van der Waals surface area contributed by atoms with Gasteiger partial charge in [0.25, 0.3) is 0 Å². The zero-order chi connectivity index (χ0) is 17.1. The minimum Gasteiger partial charge on any atom is -0.480 e. The lowest BCUT2D eigenvalue weighted by atomic mass is 9.83. The highest BCUT2D eigenvalue weighted by molar-refractivity contribution is 5.91. The first-order valence-corrected chi connectivity index (χ1v) is 7.79. The van der Waals surface area contributed by atoms with E-state index in [1.807, 2.05) is 0 Å². The zero-order valence-electron chi connectivity index (χ0n) is 13.0. The van der Waals surface area contributed by atoms with E-state index >= 15 is 0 Å². The second kappa shape index (κ2) is 7.08. The number of nitrogens with zero attached hydrogens (tertiary/aromatic N) is 1. The minimum absolute atomic E-state index is 0.00315. The fourth-order valence-corrected chi connectivity index (χ4v) is 3.38. The van der Waals surface area contributed by atoms with Crippen molar-refractivity contribution < 1.29 is 29.4 Å². The molecule has 8 nitrogen and oxygen atoms in total. The topological polar surface area (TPSA) is 124 Å². The number of ketones is 1. The van der Waals surface area contributed by atoms with E-state index < -0.39 is 36.0 Å². The molecule has 1 saturated heterocycles. The van der Waals surface area contributed by atoms with Crippen molar-refractivity contribution in [2.75, 3.05) is 6.54 Å². The number of hydrogen-bond acceptors (Lipinski definition) is 5. The number of rotatable bonds is 4. The Labute approximate surface area is 133 Å². The first-order chi connectivity index (χ1) is 10.8. The van der Waals surface area contributed by atoms with E-state index in [-0.39, 0.29) is 31.1 Å². The summed E-state index contributed by atoms with van der Waals surface area (Å²) in [6.45, 7) is 1.36. The van der Waals surface area contributed by atoms with E-state index in [2.05, 4.69) is 5.32 Å². The van der Waals surface area contributed by atoms with Crippen LogP contribution in [0.15, 0.2) is 0 Å². The number of aliphatic carboxylic acids is 1. The lowest BCUT2D eigenvalue weighted by Gasteiger charge is -2.29. The van der Waals surface area contributed by atoms with Gasteiger partial charge in [-0.2, -0.15) is 0 Å². The van der Waals surface area contributed by atoms with Crippen LogP contribution < -0.4 is 5.32 Å². The molecule has 0 unspecified atom stereocenters. The number of aliphatic hydroxyl groups excluding tert-OH is 1. The van der Waals surface area contributed by atoms with Crippen molar-refractivity contribution in [2.24, 2.45) is 5.92 Å². The molecule has 0 aromatic heterocycles. The fourth-order valence-electron chi connectivity index (χ4n) is 3.38. The van der Waals surface area contributed by atoms with E-state index in [1.54, 1.807) is 0 Å². The predicted octanol–water partition coefficient (Wildman–Crippen LogP) is -0.703. The summed E-state index contributed by atoms with van der Waals surface area (Å²) in [4.78, 5) is 48.2. The van der Waals surface area contributed by atoms with Gasteiger partial charge in [0.15, 0.2) is 0 Å². The van der Waals surface area contributed by atoms with Crippen LogP contribution in [0.4, 0.5) is 0 Å². The number of β-amino-alcohol motifs (C(OH)–C–C–N with tert-alkyl or cyclic N) is 1. The number of aliphatic hydroxyl groups is 1. The van der Waals surface area contributed by atoms with Crippen molar-refractivity contribution in [3.63, 3.8) is 0 Å². The Morgan fingerprint density at radius 3 is 2.61 bits per heavy atom. The summed E-state index contributed by atoms with van der Waals surface area (Å²) in [7, 11) is 0. The summed E-state index contributed by atoms with van der Waals surface area (Å²) >= 11 is 0. The molecule has 0 aromatic rings. The maximum absolute atomic E-state index is 12.4. The van der Waals surface area contributed by atoms with Crippen LogP contribution in [0.25, 0.3) is 0 Å². The maximum atomic E-state index is 12.4. The summed E-state index contributed by atoms with van der Waals surface area (Å²) in [5, 5.41) is 21.5. The molecular formula is C15H22N2O6. The second-order valence-electron chi connectivity index (χ2n) is 6.30. The number of hydrogen-bond donors (Lipinski definition) is 3. The molecule has 2 fully saturated rings. The van der Waals surface area contributed by atoms with Gasteiger partial charge >= 0.3 is 5.97 Å². The van der Waals surface area contributed by atoms with Gasteiger partial charge in [0.05, 0.1) is 6.10 Å². The average Bonchev–Trinajstić information content (AvgIpc) is 2.86. The van der Waals surface area contributed by atoms with Crippen LogP contribution in [-0.4, -0.2) is 63.4 Å². The third kappa shape index (κ3) is 4.07. The SMILES string of the molecule is CC(=O)N1C[C@H](O)C[C@H]1C(=O)N[C@@H](C(=O)O)[C@@H]1CCCC(=O)C1. The number of Topliss-reactive ketones (excluding diaryl/α,β-unsaturated/α-hetero) is 1. The summed E-state index contributed by atoms with van der Waals surface area (Å²) in [6, 6.07) is -2.03. The third-order valence-electron chi connectivity index (χ3n) is 4.54. The van der Waals surface area contributed by atoms with Gasteiger partial charge < -0.3 is 20.4 Å². The molecule has 8 heteroatoms. The predicted molar refractivity (Wildman–Crippen MR) is 78.3 cm³/mol. The Kier molecular flexibility index (Phi) is 5.35. The number of carbonyl (C=O) groups is 4. The number of nitrogens with one attached hydrogen (secondary N) is 1. The lowest BCUT2D eigenvalue weighted by Crippen LogP contribution is -2.53. The molecule has 2 rings (SSSR count). The van der Waals surface area contributed by atoms with Gasteiger partial charge in [0.2, 0.25) is 11.8 Å². The normalized spacial score (nSPS) is 29.2. The van der Waals surface area contributed by atoms with Gasteiger partial charge in [-0.1, -0.05) is 0 Å². The molecular weight excluding hydrogens is 304 g/mol. The standard InChI is InChI=1S/C15H22N2O6/c1-8(18)17-7-11(20)6-12(17)14(21)16-13(15(22)23)9-3-2-4-10(19)5-9/h9,11-13,20H,2-7H2,1H3,(H,16,21)(H,22,23)/t9-,11-,12+,13-/m1/s1. The highest BCUT2D eigenvalue weighted by Gasteiger charge is 2.40. The molecule has 128 valence electrons. The third-order valence-corrected chi connectivity index (χ3v) is 4.54. The van der Waals surface area contributed by atoms with Gasteiger partial charge in [0.1, 0.15) is 17.9 Å². The van der Waals surface area contributed by atoms with Crippen molar-refractivity contribution in [3.05, 3.63) is 0 Å². The van der Waals surface area contributed by atoms with Crippen molar-refractivity contribution in [3.8, 4) is 0 Å². The van der Waals surface area contributed by atoms with E-state index in [0.717, 1.165) is 0 Å². The molecule has 23 heavy (non-hydrogen) atoms.